The Kier molecular flexibility index (Phi) is 17.6. The Bertz CT molecular complexity index is 519. The maximum absolute atomic E-state index is 12.0. The van der Waals surface area contributed by atoms with Crippen LogP contribution in [0.4, 0.5) is 13.2 Å². The molecular formula is C27H45F3O2. The van der Waals surface area contributed by atoms with Crippen molar-refractivity contribution in [2.45, 2.75) is 122 Å². The fraction of sp³-hybridized carbons (Fsp3) is 0.778. The van der Waals surface area contributed by atoms with E-state index in [0.717, 1.165) is 38.7 Å². The summed E-state index contributed by atoms with van der Waals surface area (Å²) in [6.07, 6.45) is 10.6. The van der Waals surface area contributed by atoms with E-state index in [1.54, 1.807) is 0 Å². The first-order valence-electron chi connectivity index (χ1n) is 12.8. The van der Waals surface area contributed by atoms with Crippen LogP contribution in [0, 0.1) is 0 Å². The number of unbranched alkanes of at least 4 members (excludes halogenated alkanes) is 12. The van der Waals surface area contributed by atoms with Crippen LogP contribution in [0.2, 0.25) is 0 Å². The molecular weight excluding hydrogens is 413 g/mol. The maximum Gasteiger partial charge on any atom is 0.389 e. The molecule has 0 saturated heterocycles. The summed E-state index contributed by atoms with van der Waals surface area (Å²) in [6.45, 7) is 4.27. The Labute approximate surface area is 194 Å². The monoisotopic (exact) mass is 458 g/mol. The Balaban J connectivity index is 1.79. The second kappa shape index (κ2) is 19.4. The van der Waals surface area contributed by atoms with Gasteiger partial charge >= 0.3 is 6.18 Å². The summed E-state index contributed by atoms with van der Waals surface area (Å²) >= 11 is 0. The predicted octanol–water partition coefficient (Wildman–Crippen LogP) is 9.02. The van der Waals surface area contributed by atoms with Crippen LogP contribution in [0.5, 0.6) is 0 Å². The summed E-state index contributed by atoms with van der Waals surface area (Å²) < 4.78 is 47.9. The summed E-state index contributed by atoms with van der Waals surface area (Å²) in [5, 5.41) is 0. The largest absolute Gasteiger partial charge is 0.389 e. The Morgan fingerprint density at radius 3 is 1.72 bits per heavy atom. The molecule has 32 heavy (non-hydrogen) atoms. The molecule has 0 bridgehead atoms. The van der Waals surface area contributed by atoms with Crippen LogP contribution < -0.4 is 0 Å². The molecule has 1 rings (SSSR count). The van der Waals surface area contributed by atoms with Crippen molar-refractivity contribution in [2.24, 2.45) is 0 Å². The van der Waals surface area contributed by atoms with Crippen LogP contribution in [-0.2, 0) is 16.1 Å². The van der Waals surface area contributed by atoms with E-state index in [0.29, 0.717) is 19.6 Å². The van der Waals surface area contributed by atoms with Crippen molar-refractivity contribution in [3.8, 4) is 0 Å². The number of hydrogen-bond acceptors (Lipinski definition) is 2. The minimum absolute atomic E-state index is 0.162. The predicted molar refractivity (Wildman–Crippen MR) is 127 cm³/mol. The summed E-state index contributed by atoms with van der Waals surface area (Å²) in [7, 11) is 0. The van der Waals surface area contributed by atoms with Crippen molar-refractivity contribution in [1.82, 2.24) is 0 Å². The van der Waals surface area contributed by atoms with Gasteiger partial charge in [-0.3, -0.25) is 0 Å². The average Bonchev–Trinajstić information content (AvgIpc) is 2.77. The van der Waals surface area contributed by atoms with E-state index in [1.165, 1.54) is 50.5 Å². The third kappa shape index (κ3) is 18.5. The van der Waals surface area contributed by atoms with Gasteiger partial charge in [0.15, 0.2) is 0 Å². The molecule has 1 aromatic carbocycles. The number of hydrogen-bond donors (Lipinski definition) is 0. The van der Waals surface area contributed by atoms with Crippen molar-refractivity contribution in [3.05, 3.63) is 35.9 Å². The van der Waals surface area contributed by atoms with Crippen molar-refractivity contribution in [2.75, 3.05) is 13.2 Å². The molecule has 186 valence electrons. The van der Waals surface area contributed by atoms with Crippen LogP contribution in [0.3, 0.4) is 0 Å². The smallest absolute Gasteiger partial charge is 0.379 e. The highest BCUT2D eigenvalue weighted by atomic mass is 19.4. The molecule has 1 unspecified atom stereocenters. The van der Waals surface area contributed by atoms with E-state index in [9.17, 15) is 13.2 Å². The minimum atomic E-state index is -3.98. The van der Waals surface area contributed by atoms with Crippen molar-refractivity contribution >= 4 is 0 Å². The molecule has 1 atom stereocenters. The van der Waals surface area contributed by atoms with Gasteiger partial charge in [0.25, 0.3) is 0 Å². The molecule has 0 aliphatic carbocycles. The zero-order chi connectivity index (χ0) is 23.3. The van der Waals surface area contributed by atoms with Crippen molar-refractivity contribution in [1.29, 1.82) is 0 Å². The van der Waals surface area contributed by atoms with Gasteiger partial charge in [0.1, 0.15) is 0 Å². The number of rotatable bonds is 21. The Morgan fingerprint density at radius 2 is 1.22 bits per heavy atom. The summed E-state index contributed by atoms with van der Waals surface area (Å²) in [4.78, 5) is 0. The van der Waals surface area contributed by atoms with Crippen LogP contribution in [0.15, 0.2) is 30.3 Å². The maximum atomic E-state index is 12.0. The fourth-order valence-corrected chi connectivity index (χ4v) is 3.76. The van der Waals surface area contributed by atoms with E-state index in [-0.39, 0.29) is 12.5 Å². The molecule has 0 aromatic heterocycles. The quantitative estimate of drug-likeness (QED) is 0.171. The van der Waals surface area contributed by atoms with Gasteiger partial charge in [0, 0.05) is 13.0 Å². The normalized spacial score (nSPS) is 12.9. The SMILES string of the molecule is CCC(COCCCCCCCCCCCCCCCC(F)(F)F)OCc1ccccc1. The highest BCUT2D eigenvalue weighted by molar-refractivity contribution is 5.13. The first-order valence-corrected chi connectivity index (χ1v) is 12.8. The fourth-order valence-electron chi connectivity index (χ4n) is 3.76. The summed E-state index contributed by atoms with van der Waals surface area (Å²) in [5.41, 5.74) is 1.20. The molecule has 0 aliphatic heterocycles. The lowest BCUT2D eigenvalue weighted by Gasteiger charge is -2.16. The average molecular weight is 459 g/mol. The van der Waals surface area contributed by atoms with Crippen LogP contribution in [-0.4, -0.2) is 25.5 Å². The second-order valence-electron chi connectivity index (χ2n) is 8.86. The van der Waals surface area contributed by atoms with Gasteiger partial charge in [-0.15, -0.1) is 0 Å². The molecule has 0 amide bonds. The summed E-state index contributed by atoms with van der Waals surface area (Å²) in [5.74, 6) is 0. The van der Waals surface area contributed by atoms with Crippen molar-refractivity contribution < 1.29 is 22.6 Å². The van der Waals surface area contributed by atoms with E-state index < -0.39 is 12.6 Å². The second-order valence-corrected chi connectivity index (χ2v) is 8.86. The molecule has 2 nitrogen and oxygen atoms in total. The van der Waals surface area contributed by atoms with E-state index in [4.69, 9.17) is 9.47 Å². The molecule has 0 heterocycles. The van der Waals surface area contributed by atoms with Crippen LogP contribution in [0.1, 0.15) is 109 Å². The van der Waals surface area contributed by atoms with Gasteiger partial charge in [-0.05, 0) is 24.8 Å². The lowest BCUT2D eigenvalue weighted by atomic mass is 10.0. The molecule has 0 radical (unpaired) electrons. The van der Waals surface area contributed by atoms with Crippen LogP contribution in [0.25, 0.3) is 0 Å². The highest BCUT2D eigenvalue weighted by Gasteiger charge is 2.25. The van der Waals surface area contributed by atoms with E-state index in [1.807, 2.05) is 18.2 Å². The van der Waals surface area contributed by atoms with Gasteiger partial charge in [0.05, 0.1) is 19.3 Å². The number of alkyl halides is 3. The van der Waals surface area contributed by atoms with Gasteiger partial charge in [-0.2, -0.15) is 13.2 Å². The zero-order valence-corrected chi connectivity index (χ0v) is 20.1. The molecule has 1 aromatic rings. The summed E-state index contributed by atoms with van der Waals surface area (Å²) in [6, 6.07) is 10.3. The molecule has 5 heteroatoms. The highest BCUT2D eigenvalue weighted by Crippen LogP contribution is 2.23. The van der Waals surface area contributed by atoms with Crippen molar-refractivity contribution in [3.63, 3.8) is 0 Å². The van der Waals surface area contributed by atoms with Crippen LogP contribution >= 0.6 is 0 Å². The zero-order valence-electron chi connectivity index (χ0n) is 20.1. The van der Waals surface area contributed by atoms with Gasteiger partial charge in [0.2, 0.25) is 0 Å². The van der Waals surface area contributed by atoms with Gasteiger partial charge in [-0.1, -0.05) is 108 Å². The molecule has 0 N–H and O–H groups in total. The number of ether oxygens (including phenoxy) is 2. The molecule has 0 saturated carbocycles. The van der Waals surface area contributed by atoms with E-state index in [2.05, 4.69) is 19.1 Å². The third-order valence-corrected chi connectivity index (χ3v) is 5.84. The van der Waals surface area contributed by atoms with Gasteiger partial charge < -0.3 is 9.47 Å². The van der Waals surface area contributed by atoms with E-state index >= 15 is 0 Å². The molecule has 0 spiro atoms. The lowest BCUT2D eigenvalue weighted by Crippen LogP contribution is -2.19. The molecule has 0 aliphatic rings. The first kappa shape index (κ1) is 29.0. The number of halogens is 3. The third-order valence-electron chi connectivity index (χ3n) is 5.84. The minimum Gasteiger partial charge on any atom is -0.379 e. The first-order chi connectivity index (χ1) is 15.5. The lowest BCUT2D eigenvalue weighted by molar-refractivity contribution is -0.135. The molecule has 0 fully saturated rings. The Morgan fingerprint density at radius 1 is 0.719 bits per heavy atom. The Hall–Kier alpha value is -1.07. The topological polar surface area (TPSA) is 18.5 Å². The van der Waals surface area contributed by atoms with Gasteiger partial charge in [-0.25, -0.2) is 0 Å². The number of benzene rings is 1. The standard InChI is InChI=1S/C27H45F3O2/c1-2-26(32-23-25-19-15-14-16-20-25)24-31-22-18-13-11-9-7-5-3-4-6-8-10-12-17-21-27(28,29)30/h14-16,19-20,26H,2-13,17-18,21-24H2,1H3.